The molecule has 2 nitrogen and oxygen atoms in total. The number of hydrogen-bond donors (Lipinski definition) is 0. The Morgan fingerprint density at radius 2 is 1.76 bits per heavy atom. The molecule has 4 saturated carbocycles. The third-order valence-electron chi connectivity index (χ3n) is 6.37. The van der Waals surface area contributed by atoms with Gasteiger partial charge in [-0.25, -0.2) is 0 Å². The van der Waals surface area contributed by atoms with Crippen molar-refractivity contribution in [1.29, 1.82) is 0 Å². The minimum atomic E-state index is 0.0133. The van der Waals surface area contributed by atoms with E-state index in [1.54, 1.807) is 0 Å². The van der Waals surface area contributed by atoms with E-state index in [0.717, 1.165) is 18.1 Å². The van der Waals surface area contributed by atoms with Gasteiger partial charge in [0.1, 0.15) is 5.60 Å². The Morgan fingerprint density at radius 3 is 2.43 bits per heavy atom. The Bertz CT molecular complexity index is 595. The molecule has 1 spiro atoms. The van der Waals surface area contributed by atoms with Crippen LogP contribution < -0.4 is 0 Å². The maximum Gasteiger partial charge on any atom is 0.149 e. The molecule has 0 radical (unpaired) electrons. The van der Waals surface area contributed by atoms with Gasteiger partial charge in [0, 0.05) is 22.6 Å². The van der Waals surface area contributed by atoms with Gasteiger partial charge < -0.3 is 4.84 Å². The van der Waals surface area contributed by atoms with Crippen LogP contribution in [-0.4, -0.2) is 15.6 Å². The Balaban J connectivity index is 1.47. The summed E-state index contributed by atoms with van der Waals surface area (Å²) in [6, 6.07) is 10.6. The van der Waals surface area contributed by atoms with Crippen LogP contribution in [0.15, 0.2) is 35.5 Å². The minimum Gasteiger partial charge on any atom is -0.388 e. The van der Waals surface area contributed by atoms with Crippen molar-refractivity contribution >= 4 is 21.6 Å². The summed E-state index contributed by atoms with van der Waals surface area (Å²) in [4.78, 5) is 6.20. The van der Waals surface area contributed by atoms with Crippen molar-refractivity contribution in [3.8, 4) is 0 Å². The first-order valence-electron chi connectivity index (χ1n) is 8.16. The maximum absolute atomic E-state index is 6.20. The second-order valence-corrected chi connectivity index (χ2v) is 9.30. The van der Waals surface area contributed by atoms with Gasteiger partial charge >= 0.3 is 0 Å². The zero-order valence-electron chi connectivity index (χ0n) is 12.1. The van der Waals surface area contributed by atoms with E-state index in [1.165, 1.54) is 37.7 Å². The minimum absolute atomic E-state index is 0.0133. The standard InChI is InChI=1S/C18H20BrNO/c19-17-8-12-6-14(9-17)18(15(7-12)10-17)11-16(20-21-18)13-4-2-1-3-5-13/h1-5,12,14-15H,6-11H2/t12?,14-,15+,17?,18?. The molecule has 6 rings (SSSR count). The van der Waals surface area contributed by atoms with Crippen LogP contribution in [-0.2, 0) is 4.84 Å². The van der Waals surface area contributed by atoms with Crippen molar-refractivity contribution in [2.24, 2.45) is 22.9 Å². The molecule has 4 fully saturated rings. The topological polar surface area (TPSA) is 21.6 Å². The van der Waals surface area contributed by atoms with Gasteiger partial charge in [0.05, 0.1) is 5.71 Å². The molecule has 1 heterocycles. The first-order valence-corrected chi connectivity index (χ1v) is 8.96. The number of halogens is 1. The van der Waals surface area contributed by atoms with E-state index in [0.29, 0.717) is 16.2 Å². The Morgan fingerprint density at radius 1 is 1.05 bits per heavy atom. The molecule has 0 aromatic heterocycles. The molecule has 5 atom stereocenters. The fourth-order valence-corrected chi connectivity index (χ4v) is 6.89. The molecule has 1 aliphatic heterocycles. The maximum atomic E-state index is 6.20. The van der Waals surface area contributed by atoms with Gasteiger partial charge in [-0.1, -0.05) is 51.4 Å². The molecule has 5 aliphatic rings. The fourth-order valence-electron chi connectivity index (χ4n) is 5.65. The zero-order valence-corrected chi connectivity index (χ0v) is 13.7. The van der Waals surface area contributed by atoms with Gasteiger partial charge in [-0.3, -0.25) is 0 Å². The van der Waals surface area contributed by atoms with Gasteiger partial charge in [-0.05, 0) is 43.6 Å². The van der Waals surface area contributed by atoms with Crippen molar-refractivity contribution in [3.05, 3.63) is 35.9 Å². The molecule has 110 valence electrons. The van der Waals surface area contributed by atoms with Crippen molar-refractivity contribution in [3.63, 3.8) is 0 Å². The fraction of sp³-hybridized carbons (Fsp3) is 0.611. The molecule has 0 amide bonds. The largest absolute Gasteiger partial charge is 0.388 e. The van der Waals surface area contributed by atoms with E-state index in [9.17, 15) is 0 Å². The number of hydrogen-bond acceptors (Lipinski definition) is 2. The van der Waals surface area contributed by atoms with Gasteiger partial charge in [0.15, 0.2) is 0 Å². The predicted molar refractivity (Wildman–Crippen MR) is 86.6 cm³/mol. The molecule has 0 N–H and O–H groups in total. The summed E-state index contributed by atoms with van der Waals surface area (Å²) in [6.45, 7) is 0. The normalized spacial score (nSPS) is 46.7. The van der Waals surface area contributed by atoms with E-state index in [2.05, 4.69) is 51.4 Å². The van der Waals surface area contributed by atoms with Crippen LogP contribution in [0.3, 0.4) is 0 Å². The second kappa shape index (κ2) is 4.13. The summed E-state index contributed by atoms with van der Waals surface area (Å²) < 4.78 is 0.410. The van der Waals surface area contributed by atoms with Crippen molar-refractivity contribution in [2.75, 3.05) is 0 Å². The lowest BCUT2D eigenvalue weighted by atomic mass is 9.49. The highest BCUT2D eigenvalue weighted by molar-refractivity contribution is 9.10. The van der Waals surface area contributed by atoms with Crippen molar-refractivity contribution in [1.82, 2.24) is 0 Å². The number of rotatable bonds is 1. The van der Waals surface area contributed by atoms with Gasteiger partial charge in [0.2, 0.25) is 0 Å². The van der Waals surface area contributed by atoms with Crippen LogP contribution in [0.5, 0.6) is 0 Å². The lowest BCUT2D eigenvalue weighted by molar-refractivity contribution is -0.182. The molecule has 21 heavy (non-hydrogen) atoms. The Hall–Kier alpha value is -0.830. The third-order valence-corrected chi connectivity index (χ3v) is 7.34. The Kier molecular flexibility index (Phi) is 2.49. The lowest BCUT2D eigenvalue weighted by Crippen LogP contribution is -2.61. The highest BCUT2D eigenvalue weighted by Gasteiger charge is 2.64. The summed E-state index contributed by atoms with van der Waals surface area (Å²) in [6.07, 6.45) is 7.64. The molecule has 0 saturated heterocycles. The highest BCUT2D eigenvalue weighted by atomic mass is 79.9. The first kappa shape index (κ1) is 12.7. The zero-order chi connectivity index (χ0) is 14.1. The van der Waals surface area contributed by atoms with Crippen LogP contribution in [0.1, 0.15) is 44.1 Å². The average Bonchev–Trinajstić information content (AvgIpc) is 2.91. The van der Waals surface area contributed by atoms with Crippen molar-refractivity contribution in [2.45, 2.75) is 48.5 Å². The average molecular weight is 346 g/mol. The predicted octanol–water partition coefficient (Wildman–Crippen LogP) is 4.52. The van der Waals surface area contributed by atoms with Gasteiger partial charge in [-0.15, -0.1) is 0 Å². The third kappa shape index (κ3) is 1.73. The van der Waals surface area contributed by atoms with Gasteiger partial charge in [0.25, 0.3) is 0 Å². The van der Waals surface area contributed by atoms with E-state index in [1.807, 2.05) is 0 Å². The van der Waals surface area contributed by atoms with Crippen LogP contribution in [0.4, 0.5) is 0 Å². The van der Waals surface area contributed by atoms with E-state index in [-0.39, 0.29) is 5.60 Å². The summed E-state index contributed by atoms with van der Waals surface area (Å²) in [5.74, 6) is 2.29. The molecule has 1 aromatic carbocycles. The number of benzene rings is 1. The molecular formula is C18H20BrNO. The molecule has 1 aromatic rings. The second-order valence-electron chi connectivity index (χ2n) is 7.62. The number of oxime groups is 1. The summed E-state index contributed by atoms with van der Waals surface area (Å²) >= 11 is 4.05. The summed E-state index contributed by atoms with van der Waals surface area (Å²) in [5, 5.41) is 4.53. The smallest absolute Gasteiger partial charge is 0.149 e. The SMILES string of the molecule is BrC12CC3C[C@H](C1)C1(CC(c4ccccc4)=NO1)[C@@H](C3)C2. The van der Waals surface area contributed by atoms with E-state index < -0.39 is 0 Å². The van der Waals surface area contributed by atoms with Crippen LogP contribution in [0.2, 0.25) is 0 Å². The molecular weight excluding hydrogens is 326 g/mol. The van der Waals surface area contributed by atoms with Crippen LogP contribution in [0, 0.1) is 17.8 Å². The molecule has 3 heteroatoms. The number of alkyl halides is 1. The van der Waals surface area contributed by atoms with Crippen LogP contribution in [0.25, 0.3) is 0 Å². The van der Waals surface area contributed by atoms with Gasteiger partial charge in [-0.2, -0.15) is 0 Å². The molecule has 4 bridgehead atoms. The van der Waals surface area contributed by atoms with Crippen LogP contribution >= 0.6 is 15.9 Å². The first-order chi connectivity index (χ1) is 10.2. The van der Waals surface area contributed by atoms with E-state index in [4.69, 9.17) is 4.84 Å². The molecule has 3 unspecified atom stereocenters. The highest BCUT2D eigenvalue weighted by Crippen LogP contribution is 2.65. The Labute approximate surface area is 134 Å². The lowest BCUT2D eigenvalue weighted by Gasteiger charge is -2.61. The number of nitrogens with zero attached hydrogens (tertiary/aromatic N) is 1. The summed E-state index contributed by atoms with van der Waals surface area (Å²) in [5.41, 5.74) is 2.41. The quantitative estimate of drug-likeness (QED) is 0.685. The summed E-state index contributed by atoms with van der Waals surface area (Å²) in [7, 11) is 0. The van der Waals surface area contributed by atoms with Crippen molar-refractivity contribution < 1.29 is 4.84 Å². The van der Waals surface area contributed by atoms with E-state index >= 15 is 0 Å². The molecule has 4 aliphatic carbocycles. The monoisotopic (exact) mass is 345 g/mol.